The minimum atomic E-state index is -0.529. The van der Waals surface area contributed by atoms with Crippen molar-refractivity contribution in [2.45, 2.75) is 49.6 Å². The summed E-state index contributed by atoms with van der Waals surface area (Å²) >= 11 is 2.81. The van der Waals surface area contributed by atoms with E-state index in [4.69, 9.17) is 4.98 Å². The molecule has 148 valence electrons. The third-order valence-electron chi connectivity index (χ3n) is 5.10. The Labute approximate surface area is 170 Å². The Hall–Kier alpha value is -2.13. The third-order valence-corrected chi connectivity index (χ3v) is 7.37. The van der Waals surface area contributed by atoms with Gasteiger partial charge in [0.2, 0.25) is 5.91 Å². The monoisotopic (exact) mass is 418 g/mol. The number of imide groups is 1. The summed E-state index contributed by atoms with van der Waals surface area (Å²) in [6, 6.07) is -0.365. The Balaban J connectivity index is 1.72. The predicted octanol–water partition coefficient (Wildman–Crippen LogP) is 2.56. The van der Waals surface area contributed by atoms with Crippen LogP contribution in [0.4, 0.5) is 4.79 Å². The van der Waals surface area contributed by atoms with Gasteiger partial charge in [0.15, 0.2) is 5.16 Å². The smallest absolute Gasteiger partial charge is 0.324 e. The molecule has 0 bridgehead atoms. The van der Waals surface area contributed by atoms with Gasteiger partial charge in [-0.15, -0.1) is 17.9 Å². The summed E-state index contributed by atoms with van der Waals surface area (Å²) in [6.07, 6.45) is 5.83. The normalized spacial score (nSPS) is 17.5. The first-order valence-corrected chi connectivity index (χ1v) is 11.1. The van der Waals surface area contributed by atoms with Crippen molar-refractivity contribution in [3.63, 3.8) is 0 Å². The summed E-state index contributed by atoms with van der Waals surface area (Å²) < 4.78 is 1.59. The molecule has 1 aliphatic carbocycles. The number of carbonyl (C=O) groups is 2. The molecule has 1 atom stereocenters. The maximum atomic E-state index is 13.2. The predicted molar refractivity (Wildman–Crippen MR) is 111 cm³/mol. The molecule has 7 nitrogen and oxygen atoms in total. The van der Waals surface area contributed by atoms with Gasteiger partial charge in [0, 0.05) is 24.5 Å². The molecule has 2 aliphatic rings. The molecule has 1 fully saturated rings. The molecule has 1 N–H and O–H groups in total. The lowest BCUT2D eigenvalue weighted by molar-refractivity contribution is -0.126. The minimum Gasteiger partial charge on any atom is -0.336 e. The zero-order chi connectivity index (χ0) is 19.8. The molecular formula is C19H22N4O3S2. The highest BCUT2D eigenvalue weighted by Gasteiger charge is 2.31. The summed E-state index contributed by atoms with van der Waals surface area (Å²) in [5.41, 5.74) is 1.08. The maximum Gasteiger partial charge on any atom is 0.324 e. The van der Waals surface area contributed by atoms with Gasteiger partial charge in [0.05, 0.1) is 10.6 Å². The first-order valence-electron chi connectivity index (χ1n) is 9.43. The molecule has 9 heteroatoms. The Kier molecular flexibility index (Phi) is 5.29. The van der Waals surface area contributed by atoms with E-state index in [1.54, 1.807) is 28.9 Å². The molecule has 0 unspecified atom stereocenters. The quantitative estimate of drug-likeness (QED) is 0.458. The van der Waals surface area contributed by atoms with E-state index in [2.05, 4.69) is 11.9 Å². The van der Waals surface area contributed by atoms with Crippen LogP contribution in [0.5, 0.6) is 0 Å². The fourth-order valence-electron chi connectivity index (χ4n) is 3.71. The second kappa shape index (κ2) is 7.71. The van der Waals surface area contributed by atoms with E-state index in [0.717, 1.165) is 41.5 Å². The molecule has 3 amide bonds. The topological polar surface area (TPSA) is 84.3 Å². The summed E-state index contributed by atoms with van der Waals surface area (Å²) in [4.78, 5) is 45.7. The van der Waals surface area contributed by atoms with Crippen molar-refractivity contribution in [1.29, 1.82) is 0 Å². The molecule has 3 heterocycles. The highest BCUT2D eigenvalue weighted by atomic mass is 32.2. The zero-order valence-corrected chi connectivity index (χ0v) is 17.3. The molecular weight excluding hydrogens is 396 g/mol. The number of fused-ring (bicyclic) bond motifs is 3. The number of rotatable bonds is 5. The van der Waals surface area contributed by atoms with E-state index < -0.39 is 5.25 Å². The molecule has 2 aromatic heterocycles. The number of hydrogen-bond acceptors (Lipinski definition) is 6. The van der Waals surface area contributed by atoms with Gasteiger partial charge in [-0.3, -0.25) is 19.1 Å². The van der Waals surface area contributed by atoms with Crippen LogP contribution < -0.4 is 10.9 Å². The molecule has 4 rings (SSSR count). The lowest BCUT2D eigenvalue weighted by Gasteiger charge is -2.18. The lowest BCUT2D eigenvalue weighted by atomic mass is 9.97. The van der Waals surface area contributed by atoms with Gasteiger partial charge in [0.25, 0.3) is 5.56 Å². The Morgan fingerprint density at radius 2 is 2.18 bits per heavy atom. The lowest BCUT2D eigenvalue weighted by Crippen LogP contribution is -2.39. The highest BCUT2D eigenvalue weighted by Crippen LogP contribution is 2.35. The average Bonchev–Trinajstić information content (AvgIpc) is 3.27. The number of hydrogen-bond donors (Lipinski definition) is 1. The van der Waals surface area contributed by atoms with Gasteiger partial charge in [-0.25, -0.2) is 9.78 Å². The van der Waals surface area contributed by atoms with E-state index in [1.165, 1.54) is 21.5 Å². The molecule has 0 spiro atoms. The van der Waals surface area contributed by atoms with Crippen LogP contribution in [-0.2, 0) is 24.2 Å². The van der Waals surface area contributed by atoms with Crippen LogP contribution in [0.3, 0.4) is 0 Å². The Bertz CT molecular complexity index is 1030. The minimum absolute atomic E-state index is 0.0645. The van der Waals surface area contributed by atoms with E-state index in [9.17, 15) is 14.4 Å². The average molecular weight is 419 g/mol. The molecule has 0 saturated carbocycles. The fourth-order valence-corrected chi connectivity index (χ4v) is 5.99. The van der Waals surface area contributed by atoms with E-state index in [0.29, 0.717) is 24.8 Å². The third kappa shape index (κ3) is 3.26. The summed E-state index contributed by atoms with van der Waals surface area (Å²) in [5, 5.41) is 3.33. The second-order valence-electron chi connectivity index (χ2n) is 6.97. The van der Waals surface area contributed by atoms with Crippen LogP contribution >= 0.6 is 23.1 Å². The largest absolute Gasteiger partial charge is 0.336 e. The van der Waals surface area contributed by atoms with Crippen molar-refractivity contribution in [3.8, 4) is 0 Å². The SMILES string of the molecule is C=CCn1c(S[C@H](C)C(=O)N2CCNC2=O)nc2sc3c(c2c1=O)CCCC3. The number of thiophene rings is 1. The number of thioether (sulfide) groups is 1. The van der Waals surface area contributed by atoms with Gasteiger partial charge >= 0.3 is 6.03 Å². The standard InChI is InChI=1S/C19H22N4O3S2/c1-3-9-23-17(25)14-12-6-4-5-7-13(12)28-15(14)21-19(23)27-11(2)16(24)22-10-8-20-18(22)26/h3,11H,1,4-10H2,2H3,(H,20,26)/t11-/m1/s1. The van der Waals surface area contributed by atoms with Crippen LogP contribution in [0.25, 0.3) is 10.2 Å². The highest BCUT2D eigenvalue weighted by molar-refractivity contribution is 8.00. The van der Waals surface area contributed by atoms with Crippen molar-refractivity contribution in [3.05, 3.63) is 33.4 Å². The Morgan fingerprint density at radius 3 is 2.89 bits per heavy atom. The molecule has 1 saturated heterocycles. The van der Waals surface area contributed by atoms with E-state index >= 15 is 0 Å². The van der Waals surface area contributed by atoms with Gasteiger partial charge in [0.1, 0.15) is 4.83 Å². The van der Waals surface area contributed by atoms with Gasteiger partial charge in [-0.2, -0.15) is 0 Å². The van der Waals surface area contributed by atoms with Gasteiger partial charge < -0.3 is 5.32 Å². The van der Waals surface area contributed by atoms with Crippen LogP contribution in [-0.4, -0.2) is 44.7 Å². The number of aromatic nitrogens is 2. The number of nitrogens with one attached hydrogen (secondary N) is 1. The van der Waals surface area contributed by atoms with Crippen molar-refractivity contribution < 1.29 is 9.59 Å². The number of aryl methyl sites for hydroxylation is 2. The number of nitrogens with zero attached hydrogens (tertiary/aromatic N) is 3. The van der Waals surface area contributed by atoms with Crippen molar-refractivity contribution in [1.82, 2.24) is 19.8 Å². The summed E-state index contributed by atoms with van der Waals surface area (Å²) in [7, 11) is 0. The van der Waals surface area contributed by atoms with Gasteiger partial charge in [-0.1, -0.05) is 17.8 Å². The number of carbonyl (C=O) groups excluding carboxylic acids is 2. The number of amides is 3. The summed E-state index contributed by atoms with van der Waals surface area (Å²) in [5.74, 6) is -0.273. The Morgan fingerprint density at radius 1 is 1.39 bits per heavy atom. The van der Waals surface area contributed by atoms with Crippen LogP contribution in [0.2, 0.25) is 0 Å². The van der Waals surface area contributed by atoms with Crippen molar-refractivity contribution >= 4 is 45.3 Å². The van der Waals surface area contributed by atoms with Crippen LogP contribution in [0, 0.1) is 0 Å². The van der Waals surface area contributed by atoms with Crippen LogP contribution in [0.1, 0.15) is 30.2 Å². The maximum absolute atomic E-state index is 13.2. The molecule has 0 aromatic carbocycles. The van der Waals surface area contributed by atoms with E-state index in [1.807, 2.05) is 0 Å². The molecule has 1 aliphatic heterocycles. The van der Waals surface area contributed by atoms with Crippen LogP contribution in [0.15, 0.2) is 22.6 Å². The van der Waals surface area contributed by atoms with Crippen molar-refractivity contribution in [2.75, 3.05) is 13.1 Å². The number of urea groups is 1. The zero-order valence-electron chi connectivity index (χ0n) is 15.7. The molecule has 0 radical (unpaired) electrons. The fraction of sp³-hybridized carbons (Fsp3) is 0.474. The van der Waals surface area contributed by atoms with Gasteiger partial charge in [-0.05, 0) is 38.2 Å². The van der Waals surface area contributed by atoms with E-state index in [-0.39, 0.29) is 17.5 Å². The summed E-state index contributed by atoms with van der Waals surface area (Å²) in [6.45, 7) is 6.67. The second-order valence-corrected chi connectivity index (χ2v) is 9.36. The number of allylic oxidation sites excluding steroid dienone is 1. The molecule has 28 heavy (non-hydrogen) atoms. The first-order chi connectivity index (χ1) is 13.5. The van der Waals surface area contributed by atoms with Crippen molar-refractivity contribution in [2.24, 2.45) is 0 Å². The first kappa shape index (κ1) is 19.2. The molecule has 2 aromatic rings.